The van der Waals surface area contributed by atoms with E-state index in [1.165, 1.54) is 0 Å². The predicted octanol–water partition coefficient (Wildman–Crippen LogP) is 0.633. The largest absolute Gasteiger partial charge is 0.466 e. The summed E-state index contributed by atoms with van der Waals surface area (Å²) in [5.74, 6) is -0.371. The molecule has 2 amide bonds. The zero-order valence-corrected chi connectivity index (χ0v) is 15.5. The van der Waals surface area contributed by atoms with Crippen LogP contribution < -0.4 is 5.32 Å². The van der Waals surface area contributed by atoms with Gasteiger partial charge in [0, 0.05) is 19.1 Å². The van der Waals surface area contributed by atoms with Gasteiger partial charge in [-0.3, -0.25) is 19.3 Å². The van der Waals surface area contributed by atoms with Gasteiger partial charge < -0.3 is 15.0 Å². The van der Waals surface area contributed by atoms with Crippen LogP contribution in [0, 0.1) is 5.92 Å². The van der Waals surface area contributed by atoms with E-state index in [1.807, 2.05) is 20.8 Å². The van der Waals surface area contributed by atoms with Crippen molar-refractivity contribution in [1.82, 2.24) is 15.1 Å². The number of likely N-dealkylation sites (N-methyl/N-ethyl adjacent to an activating group) is 1. The van der Waals surface area contributed by atoms with Crippen LogP contribution in [-0.2, 0) is 19.1 Å². The Morgan fingerprint density at radius 3 is 2.29 bits per heavy atom. The third-order valence-corrected chi connectivity index (χ3v) is 4.29. The standard InChI is InChI=1S/C17H31N3O4/c1-6-24-17(23)14-7-9-20(10-8-14)16(22)13(4)19(5)11-15(21)18-12(2)3/h12-14H,6-11H2,1-5H3,(H,18,21)/t13-/m1/s1. The minimum Gasteiger partial charge on any atom is -0.466 e. The second-order valence-corrected chi connectivity index (χ2v) is 6.66. The number of amides is 2. The molecule has 0 aliphatic carbocycles. The Morgan fingerprint density at radius 1 is 1.21 bits per heavy atom. The molecule has 1 rings (SSSR count). The van der Waals surface area contributed by atoms with Crippen LogP contribution >= 0.6 is 0 Å². The number of rotatable bonds is 7. The van der Waals surface area contributed by atoms with Crippen LogP contribution in [-0.4, -0.2) is 73.0 Å². The lowest BCUT2D eigenvalue weighted by Crippen LogP contribution is -2.51. The number of piperidine rings is 1. The molecule has 0 spiro atoms. The number of esters is 1. The first-order chi connectivity index (χ1) is 11.3. The number of ether oxygens (including phenoxy) is 1. The molecule has 1 fully saturated rings. The molecular formula is C17H31N3O4. The average molecular weight is 341 g/mol. The van der Waals surface area contributed by atoms with E-state index >= 15 is 0 Å². The number of nitrogens with zero attached hydrogens (tertiary/aromatic N) is 2. The van der Waals surface area contributed by atoms with E-state index in [9.17, 15) is 14.4 Å². The summed E-state index contributed by atoms with van der Waals surface area (Å²) in [5.41, 5.74) is 0. The summed E-state index contributed by atoms with van der Waals surface area (Å²) in [5, 5.41) is 2.82. The number of carbonyl (C=O) groups excluding carboxylic acids is 3. The molecule has 0 aromatic rings. The molecule has 1 heterocycles. The van der Waals surface area contributed by atoms with Gasteiger partial charge in [0.05, 0.1) is 25.1 Å². The molecule has 7 nitrogen and oxygen atoms in total. The van der Waals surface area contributed by atoms with Crippen molar-refractivity contribution in [3.63, 3.8) is 0 Å². The minimum atomic E-state index is -0.373. The highest BCUT2D eigenvalue weighted by Crippen LogP contribution is 2.19. The summed E-state index contributed by atoms with van der Waals surface area (Å²) in [6.07, 6.45) is 1.27. The Kier molecular flexibility index (Phi) is 8.18. The van der Waals surface area contributed by atoms with Crippen molar-refractivity contribution in [3.8, 4) is 0 Å². The fourth-order valence-electron chi connectivity index (χ4n) is 2.78. The van der Waals surface area contributed by atoms with Crippen LogP contribution in [0.5, 0.6) is 0 Å². The van der Waals surface area contributed by atoms with E-state index in [2.05, 4.69) is 5.32 Å². The highest BCUT2D eigenvalue weighted by molar-refractivity contribution is 5.83. The molecule has 24 heavy (non-hydrogen) atoms. The van der Waals surface area contributed by atoms with Crippen LogP contribution in [0.15, 0.2) is 0 Å². The lowest BCUT2D eigenvalue weighted by molar-refractivity contribution is -0.152. The summed E-state index contributed by atoms with van der Waals surface area (Å²) < 4.78 is 5.04. The van der Waals surface area contributed by atoms with Crippen molar-refractivity contribution in [2.75, 3.05) is 33.3 Å². The Bertz CT molecular complexity index is 445. The van der Waals surface area contributed by atoms with E-state index < -0.39 is 0 Å². The maximum absolute atomic E-state index is 12.6. The third-order valence-electron chi connectivity index (χ3n) is 4.29. The quantitative estimate of drug-likeness (QED) is 0.687. The van der Waals surface area contributed by atoms with Gasteiger partial charge in [0.2, 0.25) is 11.8 Å². The molecule has 1 saturated heterocycles. The minimum absolute atomic E-state index is 0.00263. The summed E-state index contributed by atoms with van der Waals surface area (Å²) >= 11 is 0. The molecule has 138 valence electrons. The maximum atomic E-state index is 12.6. The summed E-state index contributed by atoms with van der Waals surface area (Å²) in [6, 6.07) is -0.291. The van der Waals surface area contributed by atoms with E-state index in [0.717, 1.165) is 0 Å². The predicted molar refractivity (Wildman–Crippen MR) is 91.3 cm³/mol. The molecule has 0 radical (unpaired) electrons. The highest BCUT2D eigenvalue weighted by atomic mass is 16.5. The lowest BCUT2D eigenvalue weighted by Gasteiger charge is -2.34. The smallest absolute Gasteiger partial charge is 0.309 e. The van der Waals surface area contributed by atoms with Crippen molar-refractivity contribution in [3.05, 3.63) is 0 Å². The van der Waals surface area contributed by atoms with Gasteiger partial charge in [0.25, 0.3) is 0 Å². The lowest BCUT2D eigenvalue weighted by atomic mass is 9.96. The van der Waals surface area contributed by atoms with Crippen LogP contribution in [0.2, 0.25) is 0 Å². The highest BCUT2D eigenvalue weighted by Gasteiger charge is 2.31. The van der Waals surface area contributed by atoms with Crippen LogP contribution in [0.4, 0.5) is 0 Å². The Morgan fingerprint density at radius 2 is 1.79 bits per heavy atom. The summed E-state index contributed by atoms with van der Waals surface area (Å²) in [7, 11) is 1.77. The average Bonchev–Trinajstić information content (AvgIpc) is 2.52. The van der Waals surface area contributed by atoms with Crippen molar-refractivity contribution in [2.45, 2.75) is 52.6 Å². The Hall–Kier alpha value is -1.63. The van der Waals surface area contributed by atoms with E-state index in [-0.39, 0.29) is 42.3 Å². The van der Waals surface area contributed by atoms with Crippen molar-refractivity contribution in [1.29, 1.82) is 0 Å². The fraction of sp³-hybridized carbons (Fsp3) is 0.824. The second kappa shape index (κ2) is 9.61. The summed E-state index contributed by atoms with van der Waals surface area (Å²) in [6.45, 7) is 9.09. The topological polar surface area (TPSA) is 79.0 Å². The Balaban J connectivity index is 2.46. The molecule has 1 aliphatic heterocycles. The van der Waals surface area contributed by atoms with Crippen LogP contribution in [0.3, 0.4) is 0 Å². The first kappa shape index (κ1) is 20.4. The van der Waals surface area contributed by atoms with Gasteiger partial charge in [0.15, 0.2) is 0 Å². The fourth-order valence-corrected chi connectivity index (χ4v) is 2.78. The van der Waals surface area contributed by atoms with E-state index in [0.29, 0.717) is 32.5 Å². The van der Waals surface area contributed by atoms with Crippen LogP contribution in [0.25, 0.3) is 0 Å². The summed E-state index contributed by atoms with van der Waals surface area (Å²) in [4.78, 5) is 39.7. The first-order valence-corrected chi connectivity index (χ1v) is 8.71. The van der Waals surface area contributed by atoms with Gasteiger partial charge in [-0.05, 0) is 47.6 Å². The number of carbonyl (C=O) groups is 3. The van der Waals surface area contributed by atoms with Gasteiger partial charge in [0.1, 0.15) is 0 Å². The van der Waals surface area contributed by atoms with Gasteiger partial charge in [-0.1, -0.05) is 0 Å². The van der Waals surface area contributed by atoms with Gasteiger partial charge in [-0.15, -0.1) is 0 Å². The molecule has 0 unspecified atom stereocenters. The number of nitrogens with one attached hydrogen (secondary N) is 1. The number of likely N-dealkylation sites (tertiary alicyclic amines) is 1. The number of hydrogen-bond donors (Lipinski definition) is 1. The molecular weight excluding hydrogens is 310 g/mol. The SMILES string of the molecule is CCOC(=O)C1CCN(C(=O)[C@@H](C)N(C)CC(=O)NC(C)C)CC1. The molecule has 0 bridgehead atoms. The molecule has 1 atom stereocenters. The molecule has 0 saturated carbocycles. The van der Waals surface area contributed by atoms with E-state index in [4.69, 9.17) is 4.74 Å². The monoisotopic (exact) mass is 341 g/mol. The van der Waals surface area contributed by atoms with Crippen molar-refractivity contribution in [2.24, 2.45) is 5.92 Å². The van der Waals surface area contributed by atoms with Gasteiger partial charge >= 0.3 is 5.97 Å². The zero-order valence-electron chi connectivity index (χ0n) is 15.5. The van der Waals surface area contributed by atoms with Crippen LogP contribution in [0.1, 0.15) is 40.5 Å². The first-order valence-electron chi connectivity index (χ1n) is 8.71. The molecule has 0 aromatic heterocycles. The van der Waals surface area contributed by atoms with Crippen molar-refractivity contribution >= 4 is 17.8 Å². The normalized spacial score (nSPS) is 17.0. The Labute approximate surface area is 144 Å². The maximum Gasteiger partial charge on any atom is 0.309 e. The van der Waals surface area contributed by atoms with E-state index in [1.54, 1.807) is 23.8 Å². The molecule has 1 N–H and O–H groups in total. The van der Waals surface area contributed by atoms with Gasteiger partial charge in [-0.2, -0.15) is 0 Å². The zero-order chi connectivity index (χ0) is 18.3. The van der Waals surface area contributed by atoms with Crippen molar-refractivity contribution < 1.29 is 19.1 Å². The molecule has 0 aromatic carbocycles. The molecule has 1 aliphatic rings. The number of hydrogen-bond acceptors (Lipinski definition) is 5. The second-order valence-electron chi connectivity index (χ2n) is 6.66. The third kappa shape index (κ3) is 6.11. The molecule has 7 heteroatoms. The van der Waals surface area contributed by atoms with Gasteiger partial charge in [-0.25, -0.2) is 0 Å².